The summed E-state index contributed by atoms with van der Waals surface area (Å²) in [6.45, 7) is 0. The molecule has 19 heavy (non-hydrogen) atoms. The first kappa shape index (κ1) is 12.8. The molecule has 0 saturated carbocycles. The minimum Gasteiger partial charge on any atom is -0.481 e. The van der Waals surface area contributed by atoms with Gasteiger partial charge in [0.15, 0.2) is 5.82 Å². The van der Waals surface area contributed by atoms with Crippen LogP contribution in [0.2, 0.25) is 0 Å². The second kappa shape index (κ2) is 5.34. The Balaban J connectivity index is 2.61. The predicted octanol–water partition coefficient (Wildman–Crippen LogP) is 1.86. The van der Waals surface area contributed by atoms with Crippen LogP contribution in [0.15, 0.2) is 30.3 Å². The van der Waals surface area contributed by atoms with Crippen molar-refractivity contribution in [3.8, 4) is 23.1 Å². The van der Waals surface area contributed by atoms with Gasteiger partial charge in [-0.25, -0.2) is 4.79 Å². The summed E-state index contributed by atoms with van der Waals surface area (Å²) in [4.78, 5) is 19.5. The number of ether oxygens (including phenoxy) is 2. The van der Waals surface area contributed by atoms with Crippen molar-refractivity contribution in [2.45, 2.75) is 0 Å². The van der Waals surface area contributed by atoms with Crippen LogP contribution in [-0.4, -0.2) is 35.3 Å². The highest BCUT2D eigenvalue weighted by Crippen LogP contribution is 2.25. The molecule has 1 aromatic heterocycles. The first-order chi connectivity index (χ1) is 9.15. The molecule has 0 fully saturated rings. The lowest BCUT2D eigenvalue weighted by molar-refractivity contribution is 0.0697. The molecule has 0 radical (unpaired) electrons. The van der Waals surface area contributed by atoms with Crippen LogP contribution in [0.4, 0.5) is 0 Å². The zero-order valence-corrected chi connectivity index (χ0v) is 10.5. The van der Waals surface area contributed by atoms with E-state index in [1.807, 2.05) is 0 Å². The molecule has 98 valence electrons. The Hall–Kier alpha value is -2.63. The molecule has 0 unspecified atom stereocenters. The number of carbonyl (C=O) groups is 1. The average Bonchev–Trinajstić information content (AvgIpc) is 2.46. The minimum atomic E-state index is -1.04. The highest BCUT2D eigenvalue weighted by molar-refractivity contribution is 5.94. The van der Waals surface area contributed by atoms with Crippen molar-refractivity contribution in [2.75, 3.05) is 14.2 Å². The largest absolute Gasteiger partial charge is 0.481 e. The minimum absolute atomic E-state index is 0.123. The first-order valence-electron chi connectivity index (χ1n) is 5.45. The SMILES string of the molecule is COc1cc(OC)nc(-c2ccccc2C(=O)O)n1. The van der Waals surface area contributed by atoms with Crippen LogP contribution in [0, 0.1) is 0 Å². The van der Waals surface area contributed by atoms with E-state index < -0.39 is 5.97 Å². The van der Waals surface area contributed by atoms with Crippen molar-refractivity contribution in [1.82, 2.24) is 9.97 Å². The van der Waals surface area contributed by atoms with Gasteiger partial charge in [-0.1, -0.05) is 18.2 Å². The molecule has 0 amide bonds. The van der Waals surface area contributed by atoms with Crippen LogP contribution in [0.25, 0.3) is 11.4 Å². The number of rotatable bonds is 4. The number of aromatic carboxylic acids is 1. The molecule has 2 rings (SSSR count). The number of aromatic nitrogens is 2. The summed E-state index contributed by atoms with van der Waals surface area (Å²) in [6, 6.07) is 8.01. The van der Waals surface area contributed by atoms with Crippen molar-refractivity contribution in [2.24, 2.45) is 0 Å². The number of carboxylic acids is 1. The Morgan fingerprint density at radius 2 is 1.68 bits per heavy atom. The van der Waals surface area contributed by atoms with Crippen molar-refractivity contribution in [3.63, 3.8) is 0 Å². The second-order valence-electron chi connectivity index (χ2n) is 3.63. The van der Waals surface area contributed by atoms with Crippen LogP contribution >= 0.6 is 0 Å². The fourth-order valence-electron chi connectivity index (χ4n) is 1.60. The van der Waals surface area contributed by atoms with E-state index in [1.54, 1.807) is 18.2 Å². The Kier molecular flexibility index (Phi) is 3.61. The molecule has 2 aromatic rings. The Morgan fingerprint density at radius 1 is 1.11 bits per heavy atom. The fourth-order valence-corrected chi connectivity index (χ4v) is 1.60. The van der Waals surface area contributed by atoms with Gasteiger partial charge >= 0.3 is 5.97 Å². The predicted molar refractivity (Wildman–Crippen MR) is 67.5 cm³/mol. The van der Waals surface area contributed by atoms with Crippen LogP contribution in [0.5, 0.6) is 11.8 Å². The number of nitrogens with zero attached hydrogens (tertiary/aromatic N) is 2. The Labute approximate surface area is 109 Å². The normalized spacial score (nSPS) is 10.0. The molecule has 6 heteroatoms. The van der Waals surface area contributed by atoms with E-state index in [0.717, 1.165) is 0 Å². The first-order valence-corrected chi connectivity index (χ1v) is 5.45. The highest BCUT2D eigenvalue weighted by atomic mass is 16.5. The van der Waals surface area contributed by atoms with Crippen molar-refractivity contribution >= 4 is 5.97 Å². The molecular formula is C13H12N2O4. The Morgan fingerprint density at radius 3 is 2.21 bits per heavy atom. The van der Waals surface area contributed by atoms with E-state index in [0.29, 0.717) is 17.3 Å². The maximum atomic E-state index is 11.2. The molecule has 0 bridgehead atoms. The molecule has 0 spiro atoms. The number of methoxy groups -OCH3 is 2. The van der Waals surface area contributed by atoms with E-state index >= 15 is 0 Å². The summed E-state index contributed by atoms with van der Waals surface area (Å²) >= 11 is 0. The smallest absolute Gasteiger partial charge is 0.336 e. The molecule has 1 aromatic carbocycles. The number of hydrogen-bond acceptors (Lipinski definition) is 5. The summed E-state index contributed by atoms with van der Waals surface area (Å²) in [5, 5.41) is 9.16. The zero-order chi connectivity index (χ0) is 13.8. The summed E-state index contributed by atoms with van der Waals surface area (Å²) in [5.74, 6) is -0.181. The lowest BCUT2D eigenvalue weighted by atomic mass is 10.1. The van der Waals surface area contributed by atoms with Crippen molar-refractivity contribution < 1.29 is 19.4 Å². The standard InChI is InChI=1S/C13H12N2O4/c1-18-10-7-11(19-2)15-12(14-10)8-5-3-4-6-9(8)13(16)17/h3-7H,1-2H3,(H,16,17). The van der Waals surface area contributed by atoms with Crippen LogP contribution < -0.4 is 9.47 Å². The topological polar surface area (TPSA) is 81.5 Å². The third kappa shape index (κ3) is 2.62. The van der Waals surface area contributed by atoms with Crippen molar-refractivity contribution in [1.29, 1.82) is 0 Å². The van der Waals surface area contributed by atoms with Gasteiger partial charge in [-0.3, -0.25) is 0 Å². The molecule has 0 atom stereocenters. The summed E-state index contributed by atoms with van der Waals surface area (Å²) < 4.78 is 10.1. The maximum absolute atomic E-state index is 11.2. The third-order valence-electron chi connectivity index (χ3n) is 2.50. The van der Waals surface area contributed by atoms with Crippen LogP contribution in [0.3, 0.4) is 0 Å². The molecule has 6 nitrogen and oxygen atoms in total. The van der Waals surface area contributed by atoms with Crippen LogP contribution in [0.1, 0.15) is 10.4 Å². The van der Waals surface area contributed by atoms with E-state index in [-0.39, 0.29) is 11.4 Å². The lowest BCUT2D eigenvalue weighted by Crippen LogP contribution is -2.03. The number of benzene rings is 1. The second-order valence-corrected chi connectivity index (χ2v) is 3.63. The molecular weight excluding hydrogens is 248 g/mol. The quantitative estimate of drug-likeness (QED) is 0.903. The maximum Gasteiger partial charge on any atom is 0.336 e. The number of hydrogen-bond donors (Lipinski definition) is 1. The van der Waals surface area contributed by atoms with Gasteiger partial charge in [0.05, 0.1) is 25.8 Å². The third-order valence-corrected chi connectivity index (χ3v) is 2.50. The van der Waals surface area contributed by atoms with E-state index in [1.165, 1.54) is 26.4 Å². The summed E-state index contributed by atoms with van der Waals surface area (Å²) in [7, 11) is 2.93. The average molecular weight is 260 g/mol. The van der Waals surface area contributed by atoms with Gasteiger partial charge in [0.1, 0.15) is 0 Å². The molecule has 0 aliphatic carbocycles. The van der Waals surface area contributed by atoms with Crippen molar-refractivity contribution in [3.05, 3.63) is 35.9 Å². The van der Waals surface area contributed by atoms with E-state index in [9.17, 15) is 4.79 Å². The number of carboxylic acid groups (broad SMARTS) is 1. The lowest BCUT2D eigenvalue weighted by Gasteiger charge is -2.08. The van der Waals surface area contributed by atoms with Gasteiger partial charge in [0, 0.05) is 5.56 Å². The monoisotopic (exact) mass is 260 g/mol. The highest BCUT2D eigenvalue weighted by Gasteiger charge is 2.15. The summed E-state index contributed by atoms with van der Waals surface area (Å²) in [5.41, 5.74) is 0.532. The van der Waals surface area contributed by atoms with E-state index in [4.69, 9.17) is 14.6 Å². The van der Waals surface area contributed by atoms with Crippen LogP contribution in [-0.2, 0) is 0 Å². The molecule has 0 aliphatic heterocycles. The molecule has 0 saturated heterocycles. The molecule has 1 N–H and O–H groups in total. The Bertz CT molecular complexity index is 591. The van der Waals surface area contributed by atoms with Gasteiger partial charge < -0.3 is 14.6 Å². The van der Waals surface area contributed by atoms with E-state index in [2.05, 4.69) is 9.97 Å². The van der Waals surface area contributed by atoms with Gasteiger partial charge in [0.25, 0.3) is 0 Å². The molecule has 1 heterocycles. The summed E-state index contributed by atoms with van der Waals surface area (Å²) in [6.07, 6.45) is 0. The zero-order valence-electron chi connectivity index (χ0n) is 10.5. The van der Waals surface area contributed by atoms with Gasteiger partial charge in [-0.05, 0) is 6.07 Å². The van der Waals surface area contributed by atoms with Gasteiger partial charge in [-0.2, -0.15) is 9.97 Å². The molecule has 0 aliphatic rings. The van der Waals surface area contributed by atoms with Gasteiger partial charge in [0.2, 0.25) is 11.8 Å². The van der Waals surface area contributed by atoms with Gasteiger partial charge in [-0.15, -0.1) is 0 Å². The fraction of sp³-hybridized carbons (Fsp3) is 0.154.